The molecule has 0 unspecified atom stereocenters. The van der Waals surface area contributed by atoms with Gasteiger partial charge < -0.3 is 14.4 Å². The van der Waals surface area contributed by atoms with Crippen molar-refractivity contribution < 1.29 is 14.3 Å². The Morgan fingerprint density at radius 2 is 2.00 bits per heavy atom. The van der Waals surface area contributed by atoms with Gasteiger partial charge >= 0.3 is 6.09 Å². The van der Waals surface area contributed by atoms with Crippen LogP contribution in [0.4, 0.5) is 4.79 Å². The number of ether oxygens (including phenoxy) is 2. The molecule has 1 rings (SSSR count). The summed E-state index contributed by atoms with van der Waals surface area (Å²) in [5.74, 6) is 0. The first-order chi connectivity index (χ1) is 5.84. The van der Waals surface area contributed by atoms with E-state index in [-0.39, 0.29) is 6.09 Å². The molecule has 0 saturated carbocycles. The summed E-state index contributed by atoms with van der Waals surface area (Å²) in [4.78, 5) is 12.9. The second-order valence-corrected chi connectivity index (χ2v) is 2.80. The van der Waals surface area contributed by atoms with Gasteiger partial charge in [-0.15, -0.1) is 0 Å². The Kier molecular flexibility index (Phi) is 3.87. The number of likely N-dealkylation sites (tertiary alicyclic amines) is 1. The normalized spacial score (nSPS) is 16.6. The van der Waals surface area contributed by atoms with Crippen LogP contribution >= 0.6 is 0 Å². The van der Waals surface area contributed by atoms with Crippen LogP contribution in [0.1, 0.15) is 12.8 Å². The van der Waals surface area contributed by atoms with Crippen LogP contribution in [0.25, 0.3) is 0 Å². The molecule has 1 fully saturated rings. The largest absolute Gasteiger partial charge is 0.447 e. The summed E-state index contributed by atoms with van der Waals surface area (Å²) >= 11 is 0. The van der Waals surface area contributed by atoms with Crippen molar-refractivity contribution in [2.45, 2.75) is 12.8 Å². The molecule has 1 amide bonds. The highest BCUT2D eigenvalue weighted by Crippen LogP contribution is 2.08. The first-order valence-corrected chi connectivity index (χ1v) is 4.25. The molecule has 0 bridgehead atoms. The maximum Gasteiger partial charge on any atom is 0.409 e. The average Bonchev–Trinajstić information content (AvgIpc) is 2.56. The lowest BCUT2D eigenvalue weighted by Crippen LogP contribution is -2.29. The van der Waals surface area contributed by atoms with Gasteiger partial charge in [-0.3, -0.25) is 0 Å². The molecule has 70 valence electrons. The standard InChI is InChI=1S/C8H15NO3/c1-11-6-7-12-8(10)9-4-2-3-5-9/h2-7H2,1H3. The number of nitrogens with zero attached hydrogens (tertiary/aromatic N) is 1. The van der Waals surface area contributed by atoms with Gasteiger partial charge in [-0.1, -0.05) is 0 Å². The van der Waals surface area contributed by atoms with Gasteiger partial charge in [0, 0.05) is 20.2 Å². The second-order valence-electron chi connectivity index (χ2n) is 2.80. The Balaban J connectivity index is 2.10. The predicted molar refractivity (Wildman–Crippen MR) is 44.0 cm³/mol. The predicted octanol–water partition coefficient (Wildman–Crippen LogP) is 0.865. The molecule has 1 aliphatic heterocycles. The Morgan fingerprint density at radius 1 is 1.33 bits per heavy atom. The zero-order valence-electron chi connectivity index (χ0n) is 7.41. The van der Waals surface area contributed by atoms with Crippen molar-refractivity contribution in [2.75, 3.05) is 33.4 Å². The zero-order valence-corrected chi connectivity index (χ0v) is 7.41. The van der Waals surface area contributed by atoms with E-state index in [9.17, 15) is 4.79 Å². The van der Waals surface area contributed by atoms with Gasteiger partial charge in [0.1, 0.15) is 6.61 Å². The first-order valence-electron chi connectivity index (χ1n) is 4.25. The summed E-state index contributed by atoms with van der Waals surface area (Å²) in [6.45, 7) is 2.50. The van der Waals surface area contributed by atoms with Crippen molar-refractivity contribution >= 4 is 6.09 Å². The van der Waals surface area contributed by atoms with Gasteiger partial charge in [0.25, 0.3) is 0 Å². The fourth-order valence-electron chi connectivity index (χ4n) is 1.20. The molecule has 12 heavy (non-hydrogen) atoms. The summed E-state index contributed by atoms with van der Waals surface area (Å²) in [6.07, 6.45) is 1.99. The lowest BCUT2D eigenvalue weighted by atomic mass is 10.4. The third kappa shape index (κ3) is 2.70. The van der Waals surface area contributed by atoms with Gasteiger partial charge in [0.05, 0.1) is 6.61 Å². The van der Waals surface area contributed by atoms with Crippen molar-refractivity contribution in [1.82, 2.24) is 4.90 Å². The van der Waals surface area contributed by atoms with Crippen LogP contribution in [-0.2, 0) is 9.47 Å². The summed E-state index contributed by atoms with van der Waals surface area (Å²) in [5.41, 5.74) is 0. The molecule has 0 aromatic rings. The maximum atomic E-state index is 11.2. The fraction of sp³-hybridized carbons (Fsp3) is 0.875. The van der Waals surface area contributed by atoms with Crippen molar-refractivity contribution in [3.05, 3.63) is 0 Å². The van der Waals surface area contributed by atoms with Crippen LogP contribution in [0.2, 0.25) is 0 Å². The third-order valence-electron chi connectivity index (χ3n) is 1.88. The third-order valence-corrected chi connectivity index (χ3v) is 1.88. The summed E-state index contributed by atoms with van der Waals surface area (Å²) in [7, 11) is 1.59. The zero-order chi connectivity index (χ0) is 8.81. The number of hydrogen-bond donors (Lipinski definition) is 0. The lowest BCUT2D eigenvalue weighted by Gasteiger charge is -2.14. The Bertz CT molecular complexity index is 143. The van der Waals surface area contributed by atoms with Gasteiger partial charge in [0.15, 0.2) is 0 Å². The number of amides is 1. The van der Waals surface area contributed by atoms with E-state index >= 15 is 0 Å². The second kappa shape index (κ2) is 4.98. The first kappa shape index (κ1) is 9.32. The van der Waals surface area contributed by atoms with Crippen molar-refractivity contribution in [3.63, 3.8) is 0 Å². The molecule has 0 aromatic carbocycles. The number of carbonyl (C=O) groups excluding carboxylic acids is 1. The highest BCUT2D eigenvalue weighted by Gasteiger charge is 2.18. The molecule has 1 heterocycles. The van der Waals surface area contributed by atoms with E-state index in [1.54, 1.807) is 12.0 Å². The quantitative estimate of drug-likeness (QED) is 0.594. The number of hydrogen-bond acceptors (Lipinski definition) is 3. The molecule has 0 atom stereocenters. The molecule has 0 N–H and O–H groups in total. The van der Waals surface area contributed by atoms with E-state index < -0.39 is 0 Å². The van der Waals surface area contributed by atoms with Gasteiger partial charge in [-0.05, 0) is 12.8 Å². The van der Waals surface area contributed by atoms with Gasteiger partial charge in [-0.25, -0.2) is 4.79 Å². The number of methoxy groups -OCH3 is 1. The van der Waals surface area contributed by atoms with Crippen LogP contribution < -0.4 is 0 Å². The highest BCUT2D eigenvalue weighted by molar-refractivity contribution is 5.67. The molecule has 0 aromatic heterocycles. The molecule has 1 aliphatic rings. The minimum Gasteiger partial charge on any atom is -0.447 e. The van der Waals surface area contributed by atoms with Gasteiger partial charge in [0.2, 0.25) is 0 Å². The van der Waals surface area contributed by atoms with Crippen molar-refractivity contribution in [3.8, 4) is 0 Å². The topological polar surface area (TPSA) is 38.8 Å². The Hall–Kier alpha value is -0.770. The fourth-order valence-corrected chi connectivity index (χ4v) is 1.20. The van der Waals surface area contributed by atoms with Crippen molar-refractivity contribution in [2.24, 2.45) is 0 Å². The highest BCUT2D eigenvalue weighted by atomic mass is 16.6. The van der Waals surface area contributed by atoms with E-state index in [0.717, 1.165) is 25.9 Å². The summed E-state index contributed by atoms with van der Waals surface area (Å²) in [5, 5.41) is 0. The van der Waals surface area contributed by atoms with Crippen LogP contribution in [0.3, 0.4) is 0 Å². The van der Waals surface area contributed by atoms with E-state index in [1.165, 1.54) is 0 Å². The van der Waals surface area contributed by atoms with Gasteiger partial charge in [-0.2, -0.15) is 0 Å². The monoisotopic (exact) mass is 173 g/mol. The number of rotatable bonds is 3. The Morgan fingerprint density at radius 3 is 2.58 bits per heavy atom. The van der Waals surface area contributed by atoms with E-state index in [4.69, 9.17) is 9.47 Å². The van der Waals surface area contributed by atoms with E-state index in [0.29, 0.717) is 13.2 Å². The molecule has 0 aliphatic carbocycles. The molecule has 0 spiro atoms. The average molecular weight is 173 g/mol. The SMILES string of the molecule is COCCOC(=O)N1CCCC1. The molecule has 1 saturated heterocycles. The number of carbonyl (C=O) groups is 1. The van der Waals surface area contributed by atoms with Crippen LogP contribution in [-0.4, -0.2) is 44.4 Å². The summed E-state index contributed by atoms with van der Waals surface area (Å²) < 4.78 is 9.69. The van der Waals surface area contributed by atoms with Crippen LogP contribution in [0, 0.1) is 0 Å². The van der Waals surface area contributed by atoms with Crippen LogP contribution in [0.5, 0.6) is 0 Å². The summed E-state index contributed by atoms with van der Waals surface area (Å²) in [6, 6.07) is 0. The minimum atomic E-state index is -0.204. The van der Waals surface area contributed by atoms with Crippen molar-refractivity contribution in [1.29, 1.82) is 0 Å². The Labute approximate surface area is 72.4 Å². The maximum absolute atomic E-state index is 11.2. The lowest BCUT2D eigenvalue weighted by molar-refractivity contribution is 0.0769. The van der Waals surface area contributed by atoms with E-state index in [1.807, 2.05) is 0 Å². The molecule has 0 radical (unpaired) electrons. The van der Waals surface area contributed by atoms with Crippen LogP contribution in [0.15, 0.2) is 0 Å². The molecular weight excluding hydrogens is 158 g/mol. The molecular formula is C8H15NO3. The van der Waals surface area contributed by atoms with E-state index in [2.05, 4.69) is 0 Å². The minimum absolute atomic E-state index is 0.204. The molecule has 4 nitrogen and oxygen atoms in total. The molecule has 4 heteroatoms. The smallest absolute Gasteiger partial charge is 0.409 e.